The summed E-state index contributed by atoms with van der Waals surface area (Å²) in [5, 5.41) is 6.73. The molecule has 3 aromatic rings. The molecule has 0 aliphatic rings. The molecule has 0 bridgehead atoms. The average molecular weight is 459 g/mol. The zero-order valence-electron chi connectivity index (χ0n) is 18.4. The van der Waals surface area contributed by atoms with Gasteiger partial charge in [0.2, 0.25) is 21.7 Å². The number of aryl methyl sites for hydroxylation is 1. The summed E-state index contributed by atoms with van der Waals surface area (Å²) in [6, 6.07) is 14.2. The second-order valence-electron chi connectivity index (χ2n) is 7.28. The van der Waals surface area contributed by atoms with Gasteiger partial charge in [-0.15, -0.1) is 0 Å². The number of sulfonamides is 1. The maximum Gasteiger partial charge on any atom is 0.261 e. The van der Waals surface area contributed by atoms with Crippen molar-refractivity contribution < 1.29 is 22.5 Å². The van der Waals surface area contributed by atoms with Gasteiger partial charge in [0.1, 0.15) is 5.75 Å². The van der Waals surface area contributed by atoms with Gasteiger partial charge in [0, 0.05) is 12.6 Å². The van der Waals surface area contributed by atoms with Crippen LogP contribution in [0.3, 0.4) is 0 Å². The first kappa shape index (κ1) is 23.3. The maximum atomic E-state index is 12.6. The molecule has 0 aliphatic carbocycles. The highest BCUT2D eigenvalue weighted by molar-refractivity contribution is 7.92. The molecular formula is C22H26N4O5S. The van der Waals surface area contributed by atoms with Crippen LogP contribution in [0.1, 0.15) is 24.8 Å². The lowest BCUT2D eigenvalue weighted by atomic mass is 10.1. The Morgan fingerprint density at radius 3 is 2.50 bits per heavy atom. The topological polar surface area (TPSA) is 115 Å². The fourth-order valence-electron chi connectivity index (χ4n) is 2.95. The largest absolute Gasteiger partial charge is 0.481 e. The summed E-state index contributed by atoms with van der Waals surface area (Å²) < 4.78 is 35.5. The van der Waals surface area contributed by atoms with E-state index in [2.05, 4.69) is 15.5 Å². The van der Waals surface area contributed by atoms with E-state index >= 15 is 0 Å². The number of nitrogens with zero attached hydrogens (tertiary/aromatic N) is 3. The van der Waals surface area contributed by atoms with Crippen molar-refractivity contribution in [3.05, 3.63) is 60.0 Å². The zero-order valence-corrected chi connectivity index (χ0v) is 19.2. The second-order valence-corrected chi connectivity index (χ2v) is 9.30. The Morgan fingerprint density at radius 1 is 1.19 bits per heavy atom. The maximum absolute atomic E-state index is 12.6. The highest BCUT2D eigenvalue weighted by Crippen LogP contribution is 2.22. The van der Waals surface area contributed by atoms with Crippen molar-refractivity contribution in [2.24, 2.45) is 0 Å². The third-order valence-electron chi connectivity index (χ3n) is 4.91. The number of hydrogen-bond acceptors (Lipinski definition) is 7. The first-order valence-electron chi connectivity index (χ1n) is 10.1. The number of hydrogen-bond donors (Lipinski definition) is 1. The highest BCUT2D eigenvalue weighted by Gasteiger charge is 2.20. The molecule has 0 spiro atoms. The summed E-state index contributed by atoms with van der Waals surface area (Å²) in [5.74, 6) is 0.896. The van der Waals surface area contributed by atoms with Gasteiger partial charge < -0.3 is 14.6 Å². The van der Waals surface area contributed by atoms with Crippen LogP contribution in [0.15, 0.2) is 53.1 Å². The Hall–Kier alpha value is -3.40. The van der Waals surface area contributed by atoms with E-state index in [1.54, 1.807) is 24.3 Å². The van der Waals surface area contributed by atoms with Gasteiger partial charge in [-0.2, -0.15) is 4.98 Å². The monoisotopic (exact) mass is 458 g/mol. The Balaban J connectivity index is 1.59. The number of carbonyl (C=O) groups is 1. The third kappa shape index (κ3) is 5.64. The molecule has 32 heavy (non-hydrogen) atoms. The molecule has 2 aromatic carbocycles. The summed E-state index contributed by atoms with van der Waals surface area (Å²) in [6.45, 7) is 3.87. The van der Waals surface area contributed by atoms with Crippen LogP contribution in [0.2, 0.25) is 0 Å². The molecular weight excluding hydrogens is 432 g/mol. The molecule has 0 aliphatic heterocycles. The smallest absolute Gasteiger partial charge is 0.261 e. The summed E-state index contributed by atoms with van der Waals surface area (Å²) in [5.41, 5.74) is 2.39. The summed E-state index contributed by atoms with van der Waals surface area (Å²) in [6.07, 6.45) is 0.837. The number of nitrogens with one attached hydrogen (secondary N) is 1. The number of anilines is 1. The third-order valence-corrected chi connectivity index (χ3v) is 6.11. The van der Waals surface area contributed by atoms with Crippen molar-refractivity contribution in [1.82, 2.24) is 15.5 Å². The van der Waals surface area contributed by atoms with Crippen molar-refractivity contribution in [2.45, 2.75) is 32.9 Å². The Labute approximate surface area is 187 Å². The van der Waals surface area contributed by atoms with Gasteiger partial charge in [-0.1, -0.05) is 36.3 Å². The van der Waals surface area contributed by atoms with Crippen molar-refractivity contribution in [3.8, 4) is 17.1 Å². The van der Waals surface area contributed by atoms with E-state index in [1.807, 2.05) is 38.1 Å². The molecule has 0 saturated carbocycles. The van der Waals surface area contributed by atoms with Crippen LogP contribution in [-0.2, 0) is 21.4 Å². The number of rotatable bonds is 9. The van der Waals surface area contributed by atoms with Crippen LogP contribution < -0.4 is 14.4 Å². The minimum atomic E-state index is -3.35. The quantitative estimate of drug-likeness (QED) is 0.524. The fourth-order valence-corrected chi connectivity index (χ4v) is 3.45. The SMILES string of the molecule is CC[C@@H](Oc1ccc(N(C)S(C)(=O)=O)cc1)C(=O)NCc1nc(-c2ccccc2C)no1. The van der Waals surface area contributed by atoms with E-state index in [-0.39, 0.29) is 12.5 Å². The Bertz CT molecular complexity index is 1180. The molecule has 0 unspecified atom stereocenters. The number of aromatic nitrogens is 2. The predicted octanol–water partition coefficient (Wildman–Crippen LogP) is 2.91. The van der Waals surface area contributed by atoms with Crippen LogP contribution in [0.4, 0.5) is 5.69 Å². The molecule has 1 aromatic heterocycles. The highest BCUT2D eigenvalue weighted by atomic mass is 32.2. The van der Waals surface area contributed by atoms with Crippen molar-refractivity contribution >= 4 is 21.6 Å². The van der Waals surface area contributed by atoms with Gasteiger partial charge in [-0.3, -0.25) is 9.10 Å². The fraction of sp³-hybridized carbons (Fsp3) is 0.318. The van der Waals surface area contributed by atoms with E-state index in [0.29, 0.717) is 29.6 Å². The van der Waals surface area contributed by atoms with E-state index < -0.39 is 16.1 Å². The lowest BCUT2D eigenvalue weighted by Gasteiger charge is -2.19. The van der Waals surface area contributed by atoms with Crippen molar-refractivity contribution in [3.63, 3.8) is 0 Å². The standard InChI is InChI=1S/C22H26N4O5S/c1-5-19(30-17-12-10-16(11-13-17)26(3)32(4,28)29)22(27)23-14-20-24-21(25-31-20)18-9-7-6-8-15(18)2/h6-13,19H,5,14H2,1-4H3,(H,23,27)/t19-/m1/s1. The Morgan fingerprint density at radius 2 is 1.88 bits per heavy atom. The lowest BCUT2D eigenvalue weighted by Crippen LogP contribution is -2.37. The number of amides is 1. The molecule has 1 amide bonds. The molecule has 0 saturated heterocycles. The minimum Gasteiger partial charge on any atom is -0.481 e. The van der Waals surface area contributed by atoms with Gasteiger partial charge in [-0.05, 0) is 43.2 Å². The summed E-state index contributed by atoms with van der Waals surface area (Å²) in [4.78, 5) is 16.9. The van der Waals surface area contributed by atoms with Crippen LogP contribution in [0.25, 0.3) is 11.4 Å². The number of benzene rings is 2. The van der Waals surface area contributed by atoms with Crippen LogP contribution in [-0.4, -0.2) is 43.9 Å². The van der Waals surface area contributed by atoms with E-state index in [4.69, 9.17) is 9.26 Å². The van der Waals surface area contributed by atoms with Gasteiger partial charge in [0.05, 0.1) is 18.5 Å². The lowest BCUT2D eigenvalue weighted by molar-refractivity contribution is -0.128. The summed E-state index contributed by atoms with van der Waals surface area (Å²) >= 11 is 0. The van der Waals surface area contributed by atoms with E-state index in [9.17, 15) is 13.2 Å². The molecule has 10 heteroatoms. The van der Waals surface area contributed by atoms with E-state index in [0.717, 1.165) is 21.7 Å². The molecule has 1 heterocycles. The predicted molar refractivity (Wildman–Crippen MR) is 121 cm³/mol. The number of ether oxygens (including phenoxy) is 1. The zero-order chi connectivity index (χ0) is 23.3. The molecule has 170 valence electrons. The Kier molecular flexibility index (Phi) is 7.14. The molecule has 0 radical (unpaired) electrons. The first-order valence-corrected chi connectivity index (χ1v) is 11.9. The van der Waals surface area contributed by atoms with Crippen LogP contribution in [0.5, 0.6) is 5.75 Å². The summed E-state index contributed by atoms with van der Waals surface area (Å²) in [7, 11) is -1.89. The normalized spacial score (nSPS) is 12.2. The molecule has 1 atom stereocenters. The van der Waals surface area contributed by atoms with E-state index in [1.165, 1.54) is 7.05 Å². The van der Waals surface area contributed by atoms with Gasteiger partial charge in [0.25, 0.3) is 5.91 Å². The van der Waals surface area contributed by atoms with Crippen molar-refractivity contribution in [2.75, 3.05) is 17.6 Å². The van der Waals surface area contributed by atoms with Gasteiger partial charge in [0.15, 0.2) is 6.10 Å². The van der Waals surface area contributed by atoms with Gasteiger partial charge in [-0.25, -0.2) is 8.42 Å². The second kappa shape index (κ2) is 9.82. The van der Waals surface area contributed by atoms with Crippen LogP contribution in [0, 0.1) is 6.92 Å². The van der Waals surface area contributed by atoms with Gasteiger partial charge >= 0.3 is 0 Å². The molecule has 1 N–H and O–H groups in total. The molecule has 0 fully saturated rings. The number of carbonyl (C=O) groups excluding carboxylic acids is 1. The van der Waals surface area contributed by atoms with Crippen LogP contribution >= 0.6 is 0 Å². The van der Waals surface area contributed by atoms with Crippen molar-refractivity contribution in [1.29, 1.82) is 0 Å². The minimum absolute atomic E-state index is 0.0790. The first-order chi connectivity index (χ1) is 15.2. The average Bonchev–Trinajstić information content (AvgIpc) is 3.24. The molecule has 3 rings (SSSR count). The molecule has 9 nitrogen and oxygen atoms in total.